The SMILES string of the molecule is CCC1CCC(NC2CCSCC2)CC1. The van der Waals surface area contributed by atoms with E-state index in [0.29, 0.717) is 0 Å². The first-order valence-electron chi connectivity index (χ1n) is 6.72. The molecular formula is C13H25NS. The molecule has 1 nitrogen and oxygen atoms in total. The third-order valence-electron chi connectivity index (χ3n) is 4.12. The molecule has 1 N–H and O–H groups in total. The lowest BCUT2D eigenvalue weighted by molar-refractivity contribution is 0.264. The number of hydrogen-bond acceptors (Lipinski definition) is 2. The molecule has 2 fully saturated rings. The highest BCUT2D eigenvalue weighted by atomic mass is 32.2. The Bertz CT molecular complexity index is 169. The minimum absolute atomic E-state index is 0.842. The molecule has 1 aliphatic heterocycles. The van der Waals surface area contributed by atoms with Crippen molar-refractivity contribution in [2.45, 2.75) is 64.0 Å². The summed E-state index contributed by atoms with van der Waals surface area (Å²) in [6, 6.07) is 1.69. The van der Waals surface area contributed by atoms with Crippen LogP contribution >= 0.6 is 11.8 Å². The van der Waals surface area contributed by atoms with Gasteiger partial charge in [0.25, 0.3) is 0 Å². The zero-order chi connectivity index (χ0) is 10.5. The molecule has 0 unspecified atom stereocenters. The molecule has 0 aromatic heterocycles. The number of rotatable bonds is 3. The molecule has 0 bridgehead atoms. The molecule has 2 heteroatoms. The van der Waals surface area contributed by atoms with Crippen molar-refractivity contribution in [3.05, 3.63) is 0 Å². The van der Waals surface area contributed by atoms with Gasteiger partial charge in [-0.2, -0.15) is 11.8 Å². The summed E-state index contributed by atoms with van der Waals surface area (Å²) in [5.41, 5.74) is 0. The van der Waals surface area contributed by atoms with Gasteiger partial charge in [0.15, 0.2) is 0 Å². The van der Waals surface area contributed by atoms with E-state index in [1.807, 2.05) is 0 Å². The molecule has 1 saturated carbocycles. The maximum atomic E-state index is 3.89. The van der Waals surface area contributed by atoms with E-state index < -0.39 is 0 Å². The number of hydrogen-bond donors (Lipinski definition) is 1. The van der Waals surface area contributed by atoms with E-state index in [4.69, 9.17) is 0 Å². The van der Waals surface area contributed by atoms with Crippen LogP contribution in [-0.2, 0) is 0 Å². The van der Waals surface area contributed by atoms with Crippen molar-refractivity contribution in [3.63, 3.8) is 0 Å². The molecule has 2 aliphatic rings. The summed E-state index contributed by atoms with van der Waals surface area (Å²) in [5, 5.41) is 3.89. The summed E-state index contributed by atoms with van der Waals surface area (Å²) in [5.74, 6) is 3.79. The van der Waals surface area contributed by atoms with Crippen molar-refractivity contribution < 1.29 is 0 Å². The van der Waals surface area contributed by atoms with Gasteiger partial charge in [0.2, 0.25) is 0 Å². The van der Waals surface area contributed by atoms with E-state index in [0.717, 1.165) is 18.0 Å². The zero-order valence-electron chi connectivity index (χ0n) is 10.0. The molecule has 88 valence electrons. The average Bonchev–Trinajstić information content (AvgIpc) is 2.31. The Morgan fingerprint density at radius 2 is 1.53 bits per heavy atom. The first kappa shape index (κ1) is 11.8. The minimum atomic E-state index is 0.842. The molecule has 1 heterocycles. The Morgan fingerprint density at radius 1 is 0.933 bits per heavy atom. The van der Waals surface area contributed by atoms with Crippen LogP contribution in [0.5, 0.6) is 0 Å². The van der Waals surface area contributed by atoms with Crippen molar-refractivity contribution in [1.82, 2.24) is 5.32 Å². The van der Waals surface area contributed by atoms with Crippen molar-refractivity contribution in [1.29, 1.82) is 0 Å². The van der Waals surface area contributed by atoms with Crippen LogP contribution in [0.2, 0.25) is 0 Å². The average molecular weight is 227 g/mol. The van der Waals surface area contributed by atoms with Gasteiger partial charge < -0.3 is 5.32 Å². The maximum Gasteiger partial charge on any atom is 0.00853 e. The standard InChI is InChI=1S/C13H25NS/c1-2-11-3-5-12(6-4-11)14-13-7-9-15-10-8-13/h11-14H,2-10H2,1H3. The van der Waals surface area contributed by atoms with E-state index >= 15 is 0 Å². The predicted octanol–water partition coefficient (Wildman–Crippen LogP) is 3.44. The largest absolute Gasteiger partial charge is 0.311 e. The fraction of sp³-hybridized carbons (Fsp3) is 1.00. The fourth-order valence-electron chi connectivity index (χ4n) is 2.93. The van der Waals surface area contributed by atoms with Crippen LogP contribution in [0.25, 0.3) is 0 Å². The number of nitrogens with one attached hydrogen (secondary N) is 1. The first-order chi connectivity index (χ1) is 7.38. The van der Waals surface area contributed by atoms with Crippen LogP contribution < -0.4 is 5.32 Å². The minimum Gasteiger partial charge on any atom is -0.311 e. The smallest absolute Gasteiger partial charge is 0.00853 e. The van der Waals surface area contributed by atoms with E-state index in [2.05, 4.69) is 24.0 Å². The summed E-state index contributed by atoms with van der Waals surface area (Å²) < 4.78 is 0. The molecule has 0 spiro atoms. The lowest BCUT2D eigenvalue weighted by Gasteiger charge is -2.33. The van der Waals surface area contributed by atoms with Gasteiger partial charge >= 0.3 is 0 Å². The highest BCUT2D eigenvalue weighted by molar-refractivity contribution is 7.99. The summed E-state index contributed by atoms with van der Waals surface area (Å²) in [7, 11) is 0. The van der Waals surface area contributed by atoms with Crippen LogP contribution in [0.1, 0.15) is 51.9 Å². The molecule has 1 aliphatic carbocycles. The van der Waals surface area contributed by atoms with E-state index in [1.54, 1.807) is 0 Å². The second-order valence-electron chi connectivity index (χ2n) is 5.18. The molecule has 0 amide bonds. The molecule has 15 heavy (non-hydrogen) atoms. The van der Waals surface area contributed by atoms with Crippen LogP contribution in [0.15, 0.2) is 0 Å². The Morgan fingerprint density at radius 3 is 2.13 bits per heavy atom. The maximum absolute atomic E-state index is 3.89. The van der Waals surface area contributed by atoms with Gasteiger partial charge in [-0.15, -0.1) is 0 Å². The normalized spacial score (nSPS) is 34.2. The van der Waals surface area contributed by atoms with Crippen molar-refractivity contribution in [2.75, 3.05) is 11.5 Å². The predicted molar refractivity (Wildman–Crippen MR) is 69.5 cm³/mol. The van der Waals surface area contributed by atoms with Gasteiger partial charge in [0.1, 0.15) is 0 Å². The summed E-state index contributed by atoms with van der Waals surface area (Å²) in [6.45, 7) is 2.34. The zero-order valence-corrected chi connectivity index (χ0v) is 10.8. The molecular weight excluding hydrogens is 202 g/mol. The van der Waals surface area contributed by atoms with Gasteiger partial charge in [-0.1, -0.05) is 13.3 Å². The lowest BCUT2D eigenvalue weighted by atomic mass is 9.84. The van der Waals surface area contributed by atoms with Gasteiger partial charge in [0, 0.05) is 12.1 Å². The van der Waals surface area contributed by atoms with Gasteiger partial charge in [-0.05, 0) is 55.9 Å². The van der Waals surface area contributed by atoms with Crippen molar-refractivity contribution in [2.24, 2.45) is 5.92 Å². The topological polar surface area (TPSA) is 12.0 Å². The summed E-state index contributed by atoms with van der Waals surface area (Å²) >= 11 is 2.12. The van der Waals surface area contributed by atoms with E-state index in [1.165, 1.54) is 56.5 Å². The highest BCUT2D eigenvalue weighted by Crippen LogP contribution is 2.27. The molecule has 0 aromatic rings. The Kier molecular flexibility index (Phi) is 4.83. The van der Waals surface area contributed by atoms with E-state index in [9.17, 15) is 0 Å². The Labute approximate surface area is 98.8 Å². The van der Waals surface area contributed by atoms with Crippen LogP contribution in [0.3, 0.4) is 0 Å². The van der Waals surface area contributed by atoms with Crippen molar-refractivity contribution in [3.8, 4) is 0 Å². The Balaban J connectivity index is 1.67. The van der Waals surface area contributed by atoms with Crippen molar-refractivity contribution >= 4 is 11.8 Å². The fourth-order valence-corrected chi connectivity index (χ4v) is 4.04. The second kappa shape index (κ2) is 6.15. The Hall–Kier alpha value is 0.310. The highest BCUT2D eigenvalue weighted by Gasteiger charge is 2.22. The monoisotopic (exact) mass is 227 g/mol. The molecule has 0 aromatic carbocycles. The lowest BCUT2D eigenvalue weighted by Crippen LogP contribution is -2.42. The molecule has 1 saturated heterocycles. The first-order valence-corrected chi connectivity index (χ1v) is 7.87. The number of thioether (sulfide) groups is 1. The summed E-state index contributed by atoms with van der Waals surface area (Å²) in [4.78, 5) is 0. The molecule has 0 atom stereocenters. The van der Waals surface area contributed by atoms with Crippen LogP contribution in [-0.4, -0.2) is 23.6 Å². The van der Waals surface area contributed by atoms with Crippen LogP contribution in [0, 0.1) is 5.92 Å². The third-order valence-corrected chi connectivity index (χ3v) is 5.17. The molecule has 2 rings (SSSR count). The third kappa shape index (κ3) is 3.67. The van der Waals surface area contributed by atoms with Crippen LogP contribution in [0.4, 0.5) is 0 Å². The quantitative estimate of drug-likeness (QED) is 0.792. The van der Waals surface area contributed by atoms with Gasteiger partial charge in [-0.3, -0.25) is 0 Å². The van der Waals surface area contributed by atoms with Gasteiger partial charge in [-0.25, -0.2) is 0 Å². The van der Waals surface area contributed by atoms with E-state index in [-0.39, 0.29) is 0 Å². The van der Waals surface area contributed by atoms with Gasteiger partial charge in [0.05, 0.1) is 0 Å². The summed E-state index contributed by atoms with van der Waals surface area (Å²) in [6.07, 6.45) is 10.00. The molecule has 0 radical (unpaired) electrons. The second-order valence-corrected chi connectivity index (χ2v) is 6.40.